The van der Waals surface area contributed by atoms with Crippen LogP contribution < -0.4 is 4.74 Å². The Kier molecular flexibility index (Phi) is 4.87. The van der Waals surface area contributed by atoms with Crippen LogP contribution in [0, 0.1) is 0 Å². The molecule has 1 aromatic rings. The van der Waals surface area contributed by atoms with Gasteiger partial charge in [-0.1, -0.05) is 31.4 Å². The first-order chi connectivity index (χ1) is 9.16. The van der Waals surface area contributed by atoms with Crippen LogP contribution in [0.5, 0.6) is 5.75 Å². The molecule has 1 saturated carbocycles. The predicted octanol–water partition coefficient (Wildman–Crippen LogP) is 3.85. The van der Waals surface area contributed by atoms with Gasteiger partial charge in [0.15, 0.2) is 0 Å². The normalized spacial score (nSPS) is 18.5. The summed E-state index contributed by atoms with van der Waals surface area (Å²) in [5.74, 6) is 0.993. The first-order valence-electron chi connectivity index (χ1n) is 7.46. The van der Waals surface area contributed by atoms with Gasteiger partial charge in [-0.25, -0.2) is 0 Å². The molecule has 1 aromatic carbocycles. The molecule has 0 radical (unpaired) electrons. The fourth-order valence-electron chi connectivity index (χ4n) is 3.30. The Bertz CT molecular complexity index is 394. The maximum atomic E-state index is 5.41. The van der Waals surface area contributed by atoms with Crippen LogP contribution in [0.15, 0.2) is 24.3 Å². The zero-order valence-electron chi connectivity index (χ0n) is 12.6. The van der Waals surface area contributed by atoms with Crippen molar-refractivity contribution in [2.24, 2.45) is 0 Å². The highest BCUT2D eigenvalue weighted by Gasteiger charge is 2.33. The Labute approximate surface area is 117 Å². The van der Waals surface area contributed by atoms with Crippen LogP contribution in [0.4, 0.5) is 0 Å². The largest absolute Gasteiger partial charge is 0.497 e. The summed E-state index contributed by atoms with van der Waals surface area (Å²) < 4.78 is 5.41. The van der Waals surface area contributed by atoms with Crippen molar-refractivity contribution in [1.82, 2.24) is 4.90 Å². The summed E-state index contributed by atoms with van der Waals surface area (Å²) in [6, 6.07) is 8.73. The standard InChI is InChI=1S/C17H27NO/c1-18(2)13-12-17(10-5-4-6-11-17)15-8-7-9-16(14-15)19-3/h7-9,14H,4-6,10-13H2,1-3H3. The molecule has 0 aliphatic heterocycles. The number of hydrogen-bond donors (Lipinski definition) is 0. The lowest BCUT2D eigenvalue weighted by Crippen LogP contribution is -2.33. The Hall–Kier alpha value is -1.02. The molecule has 1 aliphatic carbocycles. The van der Waals surface area contributed by atoms with Gasteiger partial charge in [-0.15, -0.1) is 0 Å². The van der Waals surface area contributed by atoms with E-state index in [1.807, 2.05) is 6.07 Å². The van der Waals surface area contributed by atoms with Crippen LogP contribution >= 0.6 is 0 Å². The van der Waals surface area contributed by atoms with Gasteiger partial charge in [-0.2, -0.15) is 0 Å². The third-order valence-corrected chi connectivity index (χ3v) is 4.53. The van der Waals surface area contributed by atoms with E-state index in [9.17, 15) is 0 Å². The van der Waals surface area contributed by atoms with Crippen molar-refractivity contribution < 1.29 is 4.74 Å². The highest BCUT2D eigenvalue weighted by Crippen LogP contribution is 2.43. The van der Waals surface area contributed by atoms with Gasteiger partial charge in [0.1, 0.15) is 5.75 Å². The number of hydrogen-bond acceptors (Lipinski definition) is 2. The average Bonchev–Trinajstić information content (AvgIpc) is 2.46. The van der Waals surface area contributed by atoms with Crippen LogP contribution in [0.2, 0.25) is 0 Å². The SMILES string of the molecule is COc1cccc(C2(CCN(C)C)CCCCC2)c1. The van der Waals surface area contributed by atoms with E-state index in [0.29, 0.717) is 5.41 Å². The third kappa shape index (κ3) is 3.50. The van der Waals surface area contributed by atoms with E-state index in [1.54, 1.807) is 7.11 Å². The molecule has 0 atom stereocenters. The topological polar surface area (TPSA) is 12.5 Å². The maximum Gasteiger partial charge on any atom is 0.119 e. The quantitative estimate of drug-likeness (QED) is 0.798. The molecular weight excluding hydrogens is 234 g/mol. The molecule has 0 amide bonds. The molecule has 0 spiro atoms. The molecule has 2 nitrogen and oxygen atoms in total. The zero-order chi connectivity index (χ0) is 13.7. The molecule has 2 heteroatoms. The summed E-state index contributed by atoms with van der Waals surface area (Å²) in [6.07, 6.45) is 8.04. The molecule has 1 aliphatic rings. The second-order valence-electron chi connectivity index (χ2n) is 6.13. The van der Waals surface area contributed by atoms with Crippen molar-refractivity contribution in [2.75, 3.05) is 27.7 Å². The minimum atomic E-state index is 0.372. The Morgan fingerprint density at radius 2 is 1.89 bits per heavy atom. The Morgan fingerprint density at radius 1 is 1.16 bits per heavy atom. The van der Waals surface area contributed by atoms with Crippen molar-refractivity contribution in [2.45, 2.75) is 43.9 Å². The van der Waals surface area contributed by atoms with Crippen LogP contribution in [-0.2, 0) is 5.41 Å². The average molecular weight is 261 g/mol. The molecule has 19 heavy (non-hydrogen) atoms. The lowest BCUT2D eigenvalue weighted by atomic mass is 9.67. The van der Waals surface area contributed by atoms with Gasteiger partial charge >= 0.3 is 0 Å². The molecule has 2 rings (SSSR count). The molecule has 1 fully saturated rings. The van der Waals surface area contributed by atoms with E-state index in [2.05, 4.69) is 37.2 Å². The zero-order valence-corrected chi connectivity index (χ0v) is 12.6. The Balaban J connectivity index is 2.24. The predicted molar refractivity (Wildman–Crippen MR) is 80.9 cm³/mol. The lowest BCUT2D eigenvalue weighted by molar-refractivity contribution is 0.241. The van der Waals surface area contributed by atoms with Crippen molar-refractivity contribution >= 4 is 0 Å². The number of benzene rings is 1. The van der Waals surface area contributed by atoms with Crippen molar-refractivity contribution in [3.8, 4) is 5.75 Å². The van der Waals surface area contributed by atoms with Crippen molar-refractivity contribution in [3.63, 3.8) is 0 Å². The van der Waals surface area contributed by atoms with Gasteiger partial charge < -0.3 is 9.64 Å². The van der Waals surface area contributed by atoms with Gasteiger partial charge in [0.2, 0.25) is 0 Å². The summed E-state index contributed by atoms with van der Waals surface area (Å²) in [4.78, 5) is 2.30. The van der Waals surface area contributed by atoms with Crippen LogP contribution in [0.25, 0.3) is 0 Å². The number of rotatable bonds is 5. The third-order valence-electron chi connectivity index (χ3n) is 4.53. The summed E-state index contributed by atoms with van der Waals surface area (Å²) in [7, 11) is 6.09. The molecule has 0 aromatic heterocycles. The Morgan fingerprint density at radius 3 is 2.53 bits per heavy atom. The van der Waals surface area contributed by atoms with E-state index < -0.39 is 0 Å². The summed E-state index contributed by atoms with van der Waals surface area (Å²) in [5, 5.41) is 0. The van der Waals surface area contributed by atoms with Crippen molar-refractivity contribution in [3.05, 3.63) is 29.8 Å². The fourth-order valence-corrected chi connectivity index (χ4v) is 3.30. The lowest BCUT2D eigenvalue weighted by Gasteiger charge is -2.39. The minimum absolute atomic E-state index is 0.372. The van der Waals surface area contributed by atoms with Gasteiger partial charge in [0.05, 0.1) is 7.11 Å². The van der Waals surface area contributed by atoms with Crippen LogP contribution in [0.1, 0.15) is 44.1 Å². The van der Waals surface area contributed by atoms with E-state index in [0.717, 1.165) is 12.3 Å². The number of nitrogens with zero attached hydrogens (tertiary/aromatic N) is 1. The van der Waals surface area contributed by atoms with Crippen LogP contribution in [-0.4, -0.2) is 32.6 Å². The molecule has 106 valence electrons. The first-order valence-corrected chi connectivity index (χ1v) is 7.46. The fraction of sp³-hybridized carbons (Fsp3) is 0.647. The smallest absolute Gasteiger partial charge is 0.119 e. The van der Waals surface area contributed by atoms with Gasteiger partial charge in [-0.3, -0.25) is 0 Å². The molecular formula is C17H27NO. The van der Waals surface area contributed by atoms with Gasteiger partial charge in [0, 0.05) is 0 Å². The maximum absolute atomic E-state index is 5.41. The van der Waals surface area contributed by atoms with E-state index in [4.69, 9.17) is 4.74 Å². The molecule has 0 saturated heterocycles. The number of ether oxygens (including phenoxy) is 1. The van der Waals surface area contributed by atoms with Gasteiger partial charge in [0.25, 0.3) is 0 Å². The van der Waals surface area contributed by atoms with Crippen LogP contribution in [0.3, 0.4) is 0 Å². The number of methoxy groups -OCH3 is 1. The molecule has 0 N–H and O–H groups in total. The molecule has 0 bridgehead atoms. The highest BCUT2D eigenvalue weighted by atomic mass is 16.5. The summed E-state index contributed by atoms with van der Waals surface area (Å²) >= 11 is 0. The van der Waals surface area contributed by atoms with Crippen molar-refractivity contribution in [1.29, 1.82) is 0 Å². The van der Waals surface area contributed by atoms with Gasteiger partial charge in [-0.05, 0) is 63.0 Å². The monoisotopic (exact) mass is 261 g/mol. The van der Waals surface area contributed by atoms with E-state index >= 15 is 0 Å². The van der Waals surface area contributed by atoms with E-state index in [1.165, 1.54) is 44.1 Å². The summed E-state index contributed by atoms with van der Waals surface area (Å²) in [6.45, 7) is 1.16. The second-order valence-corrected chi connectivity index (χ2v) is 6.13. The molecule has 0 unspecified atom stereocenters. The highest BCUT2D eigenvalue weighted by molar-refractivity contribution is 5.34. The molecule has 0 heterocycles. The summed E-state index contributed by atoms with van der Waals surface area (Å²) in [5.41, 5.74) is 1.85. The second kappa shape index (κ2) is 6.42. The minimum Gasteiger partial charge on any atom is -0.497 e. The van der Waals surface area contributed by atoms with E-state index in [-0.39, 0.29) is 0 Å². The first kappa shape index (κ1) is 14.4.